The highest BCUT2D eigenvalue weighted by atomic mass is 16.2. The molecule has 4 N–H and O–H groups in total. The minimum absolute atomic E-state index is 0.108. The zero-order valence-corrected chi connectivity index (χ0v) is 10.5. The Kier molecular flexibility index (Phi) is 6.53. The van der Waals surface area contributed by atoms with Crippen molar-refractivity contribution < 1.29 is 9.59 Å². The topological polar surface area (TPSA) is 84.2 Å². The predicted octanol–water partition coefficient (Wildman–Crippen LogP) is 0.984. The van der Waals surface area contributed by atoms with Gasteiger partial charge in [-0.15, -0.1) is 0 Å². The van der Waals surface area contributed by atoms with E-state index in [1.807, 2.05) is 27.7 Å². The van der Waals surface area contributed by atoms with Crippen LogP contribution in [0.4, 0.5) is 4.79 Å². The van der Waals surface area contributed by atoms with Gasteiger partial charge in [0.15, 0.2) is 0 Å². The van der Waals surface area contributed by atoms with E-state index in [0.717, 1.165) is 6.42 Å². The number of hydrogen-bond donors (Lipinski definition) is 3. The van der Waals surface area contributed by atoms with Gasteiger partial charge in [0.05, 0.1) is 0 Å². The molecule has 0 spiro atoms. The molecule has 0 aliphatic rings. The average molecular weight is 229 g/mol. The molecule has 0 radical (unpaired) electrons. The number of primary amides is 1. The van der Waals surface area contributed by atoms with Gasteiger partial charge >= 0.3 is 6.03 Å². The second kappa shape index (κ2) is 7.09. The molecule has 0 aromatic heterocycles. The zero-order valence-electron chi connectivity index (χ0n) is 10.5. The Hall–Kier alpha value is -1.26. The van der Waals surface area contributed by atoms with Crippen molar-refractivity contribution in [2.75, 3.05) is 0 Å². The smallest absolute Gasteiger partial charge is 0.312 e. The summed E-state index contributed by atoms with van der Waals surface area (Å²) in [6, 6.07) is -1.09. The highest BCUT2D eigenvalue weighted by Gasteiger charge is 2.21. The lowest BCUT2D eigenvalue weighted by atomic mass is 10.0. The first-order valence-corrected chi connectivity index (χ1v) is 5.73. The third kappa shape index (κ3) is 6.27. The maximum atomic E-state index is 11.8. The highest BCUT2D eigenvalue weighted by molar-refractivity contribution is 5.86. The maximum Gasteiger partial charge on any atom is 0.312 e. The van der Waals surface area contributed by atoms with E-state index in [-0.39, 0.29) is 11.9 Å². The summed E-state index contributed by atoms with van der Waals surface area (Å²) in [5, 5.41) is 5.30. The quantitative estimate of drug-likeness (QED) is 0.634. The van der Waals surface area contributed by atoms with E-state index in [1.54, 1.807) is 0 Å². The first-order chi connectivity index (χ1) is 7.36. The van der Waals surface area contributed by atoms with Crippen molar-refractivity contribution in [3.05, 3.63) is 0 Å². The third-order valence-electron chi connectivity index (χ3n) is 2.34. The molecule has 5 heteroatoms. The Bertz CT molecular complexity index is 241. The van der Waals surface area contributed by atoms with Crippen molar-refractivity contribution in [3.63, 3.8) is 0 Å². The molecule has 16 heavy (non-hydrogen) atoms. The van der Waals surface area contributed by atoms with Crippen LogP contribution in [0.15, 0.2) is 0 Å². The SMILES string of the molecule is CCC(C)NC(=O)C(CC(C)C)NC(N)=O. The number of hydrogen-bond acceptors (Lipinski definition) is 2. The van der Waals surface area contributed by atoms with E-state index < -0.39 is 12.1 Å². The predicted molar refractivity (Wildman–Crippen MR) is 63.9 cm³/mol. The van der Waals surface area contributed by atoms with Gasteiger partial charge in [-0.1, -0.05) is 20.8 Å². The van der Waals surface area contributed by atoms with E-state index in [2.05, 4.69) is 10.6 Å². The molecule has 0 aliphatic heterocycles. The van der Waals surface area contributed by atoms with Gasteiger partial charge in [-0.2, -0.15) is 0 Å². The van der Waals surface area contributed by atoms with Crippen molar-refractivity contribution in [2.45, 2.75) is 52.6 Å². The number of carbonyl (C=O) groups excluding carboxylic acids is 2. The van der Waals surface area contributed by atoms with Crippen LogP contribution < -0.4 is 16.4 Å². The summed E-state index contributed by atoms with van der Waals surface area (Å²) in [6.07, 6.45) is 1.45. The summed E-state index contributed by atoms with van der Waals surface area (Å²) in [7, 11) is 0. The van der Waals surface area contributed by atoms with E-state index in [0.29, 0.717) is 12.3 Å². The molecule has 0 aliphatic carbocycles. The largest absolute Gasteiger partial charge is 0.352 e. The van der Waals surface area contributed by atoms with Crippen LogP contribution in [0, 0.1) is 5.92 Å². The molecule has 0 rings (SSSR count). The Morgan fingerprint density at radius 1 is 1.19 bits per heavy atom. The molecule has 5 nitrogen and oxygen atoms in total. The number of nitrogens with two attached hydrogens (primary N) is 1. The second-order valence-electron chi connectivity index (χ2n) is 4.51. The summed E-state index contributed by atoms with van der Waals surface area (Å²) >= 11 is 0. The fourth-order valence-corrected chi connectivity index (χ4v) is 1.32. The van der Waals surface area contributed by atoms with Gasteiger partial charge in [0.1, 0.15) is 6.04 Å². The lowest BCUT2D eigenvalue weighted by Gasteiger charge is -2.21. The average Bonchev–Trinajstić information content (AvgIpc) is 2.15. The third-order valence-corrected chi connectivity index (χ3v) is 2.34. The number of carbonyl (C=O) groups is 2. The molecule has 0 aromatic carbocycles. The van der Waals surface area contributed by atoms with Crippen LogP contribution in [-0.2, 0) is 4.79 Å². The monoisotopic (exact) mass is 229 g/mol. The number of urea groups is 1. The van der Waals surface area contributed by atoms with Crippen LogP contribution >= 0.6 is 0 Å². The Morgan fingerprint density at radius 2 is 1.75 bits per heavy atom. The van der Waals surface area contributed by atoms with Crippen molar-refractivity contribution in [3.8, 4) is 0 Å². The minimum Gasteiger partial charge on any atom is -0.352 e. The first-order valence-electron chi connectivity index (χ1n) is 5.73. The summed E-state index contributed by atoms with van der Waals surface area (Å²) in [5.41, 5.74) is 5.04. The van der Waals surface area contributed by atoms with Gasteiger partial charge in [-0.25, -0.2) is 4.79 Å². The van der Waals surface area contributed by atoms with E-state index in [1.165, 1.54) is 0 Å². The summed E-state index contributed by atoms with van der Waals surface area (Å²) in [6.45, 7) is 7.90. The fourth-order valence-electron chi connectivity index (χ4n) is 1.32. The zero-order chi connectivity index (χ0) is 12.7. The molecule has 3 amide bonds. The van der Waals surface area contributed by atoms with Crippen molar-refractivity contribution >= 4 is 11.9 Å². The van der Waals surface area contributed by atoms with Crippen LogP contribution in [0.2, 0.25) is 0 Å². The Balaban J connectivity index is 4.37. The van der Waals surface area contributed by atoms with E-state index >= 15 is 0 Å². The molecule has 0 bridgehead atoms. The maximum absolute atomic E-state index is 11.8. The highest BCUT2D eigenvalue weighted by Crippen LogP contribution is 2.05. The minimum atomic E-state index is -0.662. The van der Waals surface area contributed by atoms with Crippen LogP contribution in [0.5, 0.6) is 0 Å². The van der Waals surface area contributed by atoms with Crippen LogP contribution in [0.3, 0.4) is 0 Å². The van der Waals surface area contributed by atoms with E-state index in [4.69, 9.17) is 5.73 Å². The molecule has 0 fully saturated rings. The Labute approximate surface area is 97.2 Å². The van der Waals surface area contributed by atoms with Crippen molar-refractivity contribution in [2.24, 2.45) is 11.7 Å². The van der Waals surface area contributed by atoms with Gasteiger partial charge in [-0.3, -0.25) is 4.79 Å². The molecule has 0 heterocycles. The molecule has 0 saturated carbocycles. The van der Waals surface area contributed by atoms with Crippen molar-refractivity contribution in [1.29, 1.82) is 0 Å². The summed E-state index contributed by atoms with van der Waals surface area (Å²) < 4.78 is 0. The molecular weight excluding hydrogens is 206 g/mol. The number of rotatable bonds is 6. The second-order valence-corrected chi connectivity index (χ2v) is 4.51. The lowest BCUT2D eigenvalue weighted by Crippen LogP contribution is -2.50. The van der Waals surface area contributed by atoms with Crippen molar-refractivity contribution in [1.82, 2.24) is 10.6 Å². The van der Waals surface area contributed by atoms with Crippen LogP contribution in [0.25, 0.3) is 0 Å². The molecule has 2 unspecified atom stereocenters. The number of amides is 3. The molecule has 94 valence electrons. The summed E-state index contributed by atoms with van der Waals surface area (Å²) in [5.74, 6) is 0.154. The lowest BCUT2D eigenvalue weighted by molar-refractivity contribution is -0.123. The van der Waals surface area contributed by atoms with Gasteiger partial charge in [0, 0.05) is 6.04 Å². The van der Waals surface area contributed by atoms with Gasteiger partial charge in [0.2, 0.25) is 5.91 Å². The molecular formula is C11H23N3O2. The molecule has 0 saturated heterocycles. The molecule has 0 aromatic rings. The van der Waals surface area contributed by atoms with Gasteiger partial charge in [-0.05, 0) is 25.7 Å². The standard InChI is InChI=1S/C11H23N3O2/c1-5-8(4)13-10(15)9(6-7(2)3)14-11(12)16/h7-9H,5-6H2,1-4H3,(H,13,15)(H3,12,14,16). The Morgan fingerprint density at radius 3 is 2.12 bits per heavy atom. The normalized spacial score (nSPS) is 14.3. The van der Waals surface area contributed by atoms with Crippen LogP contribution in [-0.4, -0.2) is 24.0 Å². The number of nitrogens with one attached hydrogen (secondary N) is 2. The fraction of sp³-hybridized carbons (Fsp3) is 0.818. The van der Waals surface area contributed by atoms with Gasteiger partial charge < -0.3 is 16.4 Å². The summed E-state index contributed by atoms with van der Waals surface area (Å²) in [4.78, 5) is 22.6. The first kappa shape index (κ1) is 14.7. The van der Waals surface area contributed by atoms with E-state index in [9.17, 15) is 9.59 Å². The molecule has 2 atom stereocenters. The van der Waals surface area contributed by atoms with Gasteiger partial charge in [0.25, 0.3) is 0 Å². The van der Waals surface area contributed by atoms with Crippen LogP contribution in [0.1, 0.15) is 40.5 Å².